The Balaban J connectivity index is 1.27. The standard InChI is InChI=1S/C38H34F8O/c1-2-3-4-5-23-6-8-25(9-7-23)27-19-35(43)37(36(44)20-27)38(45,46)47-29-13-10-24(11-14-29)26-12-15-30(32(40)18-26)28-21-33(41)31(16-17-39)34(42)22-28/h10-23,25H,2-9H2,1H3/b17-16+. The molecule has 0 aliphatic heterocycles. The summed E-state index contributed by atoms with van der Waals surface area (Å²) >= 11 is 0. The Hall–Kier alpha value is -4.14. The predicted molar refractivity (Wildman–Crippen MR) is 167 cm³/mol. The van der Waals surface area contributed by atoms with E-state index in [-0.39, 0.29) is 29.1 Å². The number of hydrogen-bond donors (Lipinski definition) is 0. The minimum absolute atomic E-state index is 0.0113. The first-order valence-electron chi connectivity index (χ1n) is 15.7. The number of rotatable bonds is 11. The molecule has 1 aliphatic rings. The van der Waals surface area contributed by atoms with E-state index in [4.69, 9.17) is 4.74 Å². The number of unbranched alkanes of at least 4 members (excludes halogenated alkanes) is 2. The van der Waals surface area contributed by atoms with Crippen molar-refractivity contribution < 1.29 is 39.9 Å². The van der Waals surface area contributed by atoms with Gasteiger partial charge in [0.1, 0.15) is 40.4 Å². The normalized spacial score (nSPS) is 17.0. The molecule has 0 N–H and O–H groups in total. The van der Waals surface area contributed by atoms with Crippen LogP contribution in [0.15, 0.2) is 73.1 Å². The largest absolute Gasteiger partial charge is 0.432 e. The first kappa shape index (κ1) is 34.2. The summed E-state index contributed by atoms with van der Waals surface area (Å²) in [5.74, 6) is -5.62. The van der Waals surface area contributed by atoms with Crippen LogP contribution < -0.4 is 4.74 Å². The monoisotopic (exact) mass is 658 g/mol. The highest BCUT2D eigenvalue weighted by molar-refractivity contribution is 5.72. The summed E-state index contributed by atoms with van der Waals surface area (Å²) in [7, 11) is 0. The van der Waals surface area contributed by atoms with Crippen molar-refractivity contribution in [1.82, 2.24) is 0 Å². The van der Waals surface area contributed by atoms with Gasteiger partial charge < -0.3 is 4.74 Å². The Kier molecular flexibility index (Phi) is 10.7. The summed E-state index contributed by atoms with van der Waals surface area (Å²) in [5, 5.41) is 0. The number of ether oxygens (including phenoxy) is 1. The SMILES string of the molecule is CCCCCC1CCC(c2cc(F)c(C(F)(F)Oc3ccc(-c4ccc(-c5cc(F)c(/C=C/F)c(F)c5)c(F)c4)cc3)c(F)c2)CC1. The van der Waals surface area contributed by atoms with Crippen LogP contribution in [0.3, 0.4) is 0 Å². The van der Waals surface area contributed by atoms with Crippen molar-refractivity contribution in [2.75, 3.05) is 0 Å². The Morgan fingerprint density at radius 2 is 1.30 bits per heavy atom. The molecule has 9 heteroatoms. The van der Waals surface area contributed by atoms with Crippen molar-refractivity contribution in [1.29, 1.82) is 0 Å². The number of hydrogen-bond acceptors (Lipinski definition) is 1. The summed E-state index contributed by atoms with van der Waals surface area (Å²) < 4.78 is 121. The molecule has 1 nitrogen and oxygen atoms in total. The quantitative estimate of drug-likeness (QED) is 0.115. The average Bonchev–Trinajstić information content (AvgIpc) is 3.03. The number of halogens is 8. The molecule has 0 aromatic heterocycles. The van der Waals surface area contributed by atoms with E-state index in [2.05, 4.69) is 6.92 Å². The first-order valence-corrected chi connectivity index (χ1v) is 15.7. The minimum Gasteiger partial charge on any atom is -0.429 e. The Bertz CT molecular complexity index is 1680. The molecular formula is C38H34F8O. The molecule has 0 bridgehead atoms. The molecule has 0 amide bonds. The van der Waals surface area contributed by atoms with Crippen molar-refractivity contribution >= 4 is 6.08 Å². The lowest BCUT2D eigenvalue weighted by atomic mass is 9.77. The van der Waals surface area contributed by atoms with Gasteiger partial charge in [-0.15, -0.1) is 0 Å². The highest BCUT2D eigenvalue weighted by Gasteiger charge is 2.41. The zero-order valence-corrected chi connectivity index (χ0v) is 25.7. The third-order valence-electron chi connectivity index (χ3n) is 8.91. The van der Waals surface area contributed by atoms with Crippen molar-refractivity contribution in [3.8, 4) is 28.0 Å². The van der Waals surface area contributed by atoms with Gasteiger partial charge in [0.25, 0.3) is 0 Å². The molecule has 0 atom stereocenters. The van der Waals surface area contributed by atoms with E-state index in [9.17, 15) is 13.2 Å². The van der Waals surface area contributed by atoms with Gasteiger partial charge in [-0.3, -0.25) is 0 Å². The van der Waals surface area contributed by atoms with Gasteiger partial charge in [-0.25, -0.2) is 26.3 Å². The molecule has 4 aromatic rings. The van der Waals surface area contributed by atoms with Crippen LogP contribution >= 0.6 is 0 Å². The molecule has 5 rings (SSSR count). The van der Waals surface area contributed by atoms with Crippen LogP contribution in [0.2, 0.25) is 0 Å². The molecule has 0 radical (unpaired) electrons. The maximum Gasteiger partial charge on any atom is 0.432 e. The maximum atomic E-state index is 15.1. The van der Waals surface area contributed by atoms with Crippen molar-refractivity contribution in [2.24, 2.45) is 5.92 Å². The molecule has 47 heavy (non-hydrogen) atoms. The summed E-state index contributed by atoms with van der Waals surface area (Å²) in [5.41, 5.74) is -1.24. The van der Waals surface area contributed by atoms with E-state index in [1.54, 1.807) is 0 Å². The number of benzene rings is 4. The van der Waals surface area contributed by atoms with E-state index in [1.807, 2.05) is 0 Å². The zero-order valence-electron chi connectivity index (χ0n) is 25.7. The highest BCUT2D eigenvalue weighted by Crippen LogP contribution is 2.41. The minimum atomic E-state index is -4.32. The van der Waals surface area contributed by atoms with E-state index in [1.165, 1.54) is 37.1 Å². The van der Waals surface area contributed by atoms with Gasteiger partial charge in [-0.05, 0) is 108 Å². The lowest BCUT2D eigenvalue weighted by molar-refractivity contribution is -0.189. The van der Waals surface area contributed by atoms with Crippen LogP contribution in [0, 0.1) is 35.0 Å². The lowest BCUT2D eigenvalue weighted by Gasteiger charge is -2.29. The van der Waals surface area contributed by atoms with E-state index in [0.29, 0.717) is 28.7 Å². The molecule has 1 saturated carbocycles. The van der Waals surface area contributed by atoms with Gasteiger partial charge in [0.2, 0.25) is 0 Å². The number of alkyl halides is 2. The van der Waals surface area contributed by atoms with Crippen LogP contribution in [-0.4, -0.2) is 0 Å². The van der Waals surface area contributed by atoms with Gasteiger partial charge in [0, 0.05) is 11.1 Å². The van der Waals surface area contributed by atoms with Crippen LogP contribution in [-0.2, 0) is 6.11 Å². The van der Waals surface area contributed by atoms with Gasteiger partial charge in [-0.1, -0.05) is 56.9 Å². The van der Waals surface area contributed by atoms with E-state index >= 15 is 22.0 Å². The molecule has 0 heterocycles. The second kappa shape index (κ2) is 14.7. The molecule has 248 valence electrons. The zero-order chi connectivity index (χ0) is 33.7. The van der Waals surface area contributed by atoms with E-state index in [0.717, 1.165) is 81.0 Å². The van der Waals surface area contributed by atoms with Gasteiger partial charge >= 0.3 is 6.11 Å². The van der Waals surface area contributed by atoms with Crippen molar-refractivity contribution in [3.05, 3.63) is 119 Å². The predicted octanol–water partition coefficient (Wildman–Crippen LogP) is 12.6. The Labute approximate surface area is 268 Å². The van der Waals surface area contributed by atoms with Crippen molar-refractivity contribution in [3.63, 3.8) is 0 Å². The third kappa shape index (κ3) is 7.88. The Morgan fingerprint density at radius 1 is 0.702 bits per heavy atom. The third-order valence-corrected chi connectivity index (χ3v) is 8.91. The summed E-state index contributed by atoms with van der Waals surface area (Å²) in [6, 6.07) is 12.6. The molecule has 0 unspecified atom stereocenters. The topological polar surface area (TPSA) is 9.23 Å². The van der Waals surface area contributed by atoms with Crippen LogP contribution in [0.5, 0.6) is 5.75 Å². The summed E-state index contributed by atoms with van der Waals surface area (Å²) in [4.78, 5) is 0. The van der Waals surface area contributed by atoms with Gasteiger partial charge in [-0.2, -0.15) is 8.78 Å². The maximum absolute atomic E-state index is 15.1. The molecular weight excluding hydrogens is 624 g/mol. The van der Waals surface area contributed by atoms with Gasteiger partial charge in [0.05, 0.1) is 6.33 Å². The van der Waals surface area contributed by atoms with Crippen LogP contribution in [0.25, 0.3) is 28.3 Å². The fraction of sp³-hybridized carbons (Fsp3) is 0.316. The smallest absolute Gasteiger partial charge is 0.429 e. The first-order chi connectivity index (χ1) is 22.5. The average molecular weight is 659 g/mol. The summed E-state index contributed by atoms with van der Waals surface area (Å²) in [6.07, 6.45) is 4.31. The summed E-state index contributed by atoms with van der Waals surface area (Å²) in [6.45, 7) is 2.15. The molecule has 1 fully saturated rings. The van der Waals surface area contributed by atoms with Crippen molar-refractivity contribution in [2.45, 2.75) is 70.3 Å². The fourth-order valence-electron chi connectivity index (χ4n) is 6.38. The van der Waals surface area contributed by atoms with Crippen LogP contribution in [0.4, 0.5) is 35.1 Å². The van der Waals surface area contributed by atoms with Gasteiger partial charge in [0.15, 0.2) is 0 Å². The van der Waals surface area contributed by atoms with Crippen LogP contribution in [0.1, 0.15) is 80.9 Å². The highest BCUT2D eigenvalue weighted by atomic mass is 19.3. The Morgan fingerprint density at radius 3 is 1.87 bits per heavy atom. The fourth-order valence-corrected chi connectivity index (χ4v) is 6.38. The molecule has 0 spiro atoms. The molecule has 0 saturated heterocycles. The molecule has 4 aromatic carbocycles. The van der Waals surface area contributed by atoms with E-state index < -0.39 is 46.3 Å². The second-order valence-electron chi connectivity index (χ2n) is 12.1. The lowest BCUT2D eigenvalue weighted by Crippen LogP contribution is -2.25. The second-order valence-corrected chi connectivity index (χ2v) is 12.1. The molecule has 1 aliphatic carbocycles.